The van der Waals surface area contributed by atoms with Gasteiger partial charge in [-0.05, 0) is 23.8 Å². The van der Waals surface area contributed by atoms with Crippen LogP contribution in [0.2, 0.25) is 5.02 Å². The number of pyridine rings is 1. The van der Waals surface area contributed by atoms with Crippen LogP contribution in [0, 0.1) is 11.3 Å². The van der Waals surface area contributed by atoms with Crippen molar-refractivity contribution in [1.29, 1.82) is 5.26 Å². The van der Waals surface area contributed by atoms with Crippen molar-refractivity contribution in [2.45, 2.75) is 6.54 Å². The van der Waals surface area contributed by atoms with Crippen molar-refractivity contribution < 1.29 is 9.47 Å². The highest BCUT2D eigenvalue weighted by molar-refractivity contribution is 6.30. The third-order valence-corrected chi connectivity index (χ3v) is 4.22. The normalized spacial score (nSPS) is 10.5. The van der Waals surface area contributed by atoms with Gasteiger partial charge in [-0.25, -0.2) is 0 Å². The summed E-state index contributed by atoms with van der Waals surface area (Å²) >= 11 is 5.93. The molecule has 3 aromatic rings. The summed E-state index contributed by atoms with van der Waals surface area (Å²) in [5, 5.41) is 10.4. The summed E-state index contributed by atoms with van der Waals surface area (Å²) in [6, 6.07) is 12.7. The van der Waals surface area contributed by atoms with Gasteiger partial charge >= 0.3 is 0 Å². The maximum Gasteiger partial charge on any atom is 0.207 e. The molecule has 0 N–H and O–H groups in total. The van der Waals surface area contributed by atoms with Gasteiger partial charge in [-0.1, -0.05) is 23.7 Å². The molecular weight excluding hydrogens is 340 g/mol. The summed E-state index contributed by atoms with van der Waals surface area (Å²) in [4.78, 5) is 12.5. The van der Waals surface area contributed by atoms with Gasteiger partial charge in [0.05, 0.1) is 25.1 Å². The van der Waals surface area contributed by atoms with Crippen LogP contribution in [-0.2, 0) is 6.54 Å². The number of rotatable bonds is 4. The minimum Gasteiger partial charge on any atom is -0.493 e. The molecule has 0 saturated carbocycles. The zero-order valence-electron chi connectivity index (χ0n) is 13.7. The van der Waals surface area contributed by atoms with Crippen LogP contribution in [0.25, 0.3) is 10.9 Å². The summed E-state index contributed by atoms with van der Waals surface area (Å²) in [6.45, 7) is 0.484. The smallest absolute Gasteiger partial charge is 0.207 e. The Morgan fingerprint density at radius 1 is 1.12 bits per heavy atom. The Bertz CT molecular complexity index is 1030. The van der Waals surface area contributed by atoms with E-state index in [9.17, 15) is 10.1 Å². The molecule has 0 aliphatic rings. The van der Waals surface area contributed by atoms with Crippen molar-refractivity contribution >= 4 is 22.5 Å². The molecule has 0 aliphatic heterocycles. The number of hydrogen-bond donors (Lipinski definition) is 0. The Balaban J connectivity index is 2.26. The van der Waals surface area contributed by atoms with E-state index in [2.05, 4.69) is 0 Å². The number of aromatic nitrogens is 1. The Kier molecular flexibility index (Phi) is 4.64. The predicted molar refractivity (Wildman–Crippen MR) is 96.6 cm³/mol. The van der Waals surface area contributed by atoms with Crippen LogP contribution in [0.5, 0.6) is 11.5 Å². The molecule has 0 fully saturated rings. The molecule has 126 valence electrons. The maximum absolute atomic E-state index is 12.5. The van der Waals surface area contributed by atoms with Gasteiger partial charge in [-0.2, -0.15) is 5.26 Å². The molecule has 5 nitrogen and oxygen atoms in total. The Labute approximate surface area is 149 Å². The fraction of sp³-hybridized carbons (Fsp3) is 0.158. The molecule has 0 saturated heterocycles. The van der Waals surface area contributed by atoms with Crippen molar-refractivity contribution in [1.82, 2.24) is 4.57 Å². The highest BCUT2D eigenvalue weighted by Crippen LogP contribution is 2.31. The predicted octanol–water partition coefficient (Wildman–Crippen LogP) is 3.59. The van der Waals surface area contributed by atoms with E-state index in [0.29, 0.717) is 34.0 Å². The van der Waals surface area contributed by atoms with Crippen molar-refractivity contribution in [2.24, 2.45) is 0 Å². The van der Waals surface area contributed by atoms with E-state index in [-0.39, 0.29) is 11.0 Å². The zero-order valence-corrected chi connectivity index (χ0v) is 14.5. The molecule has 2 aromatic carbocycles. The van der Waals surface area contributed by atoms with Crippen molar-refractivity contribution in [3.05, 3.63) is 69.0 Å². The summed E-state index contributed by atoms with van der Waals surface area (Å²) in [7, 11) is 3.04. The SMILES string of the molecule is COc1cc2c(=O)c(C#N)cn(Cc3ccc(Cl)cc3)c2cc1OC. The van der Waals surface area contributed by atoms with Crippen molar-refractivity contribution in [3.8, 4) is 17.6 Å². The van der Waals surface area contributed by atoms with Crippen LogP contribution in [0.15, 0.2) is 47.4 Å². The standard InChI is InChI=1S/C19H15ClN2O3/c1-24-17-7-15-16(8-18(17)25-2)22(11-13(9-21)19(15)23)10-12-3-5-14(20)6-4-12/h3-8,11H,10H2,1-2H3. The molecule has 0 atom stereocenters. The van der Waals surface area contributed by atoms with Crippen LogP contribution >= 0.6 is 11.6 Å². The van der Waals surface area contributed by atoms with E-state index in [1.807, 2.05) is 22.8 Å². The lowest BCUT2D eigenvalue weighted by molar-refractivity contribution is 0.355. The molecule has 0 amide bonds. The largest absolute Gasteiger partial charge is 0.493 e. The van der Waals surface area contributed by atoms with Gasteiger partial charge in [-0.3, -0.25) is 4.79 Å². The third kappa shape index (κ3) is 3.17. The number of benzene rings is 2. The average Bonchev–Trinajstić information content (AvgIpc) is 2.64. The molecule has 0 unspecified atom stereocenters. The number of nitrogens with zero attached hydrogens (tertiary/aromatic N) is 2. The number of hydrogen-bond acceptors (Lipinski definition) is 4. The van der Waals surface area contributed by atoms with Crippen LogP contribution in [0.1, 0.15) is 11.1 Å². The molecular formula is C19H15ClN2O3. The molecule has 0 spiro atoms. The van der Waals surface area contributed by atoms with Gasteiger partial charge in [0, 0.05) is 23.8 Å². The molecule has 25 heavy (non-hydrogen) atoms. The van der Waals surface area contributed by atoms with Gasteiger partial charge in [0.2, 0.25) is 5.43 Å². The second-order valence-electron chi connectivity index (χ2n) is 5.46. The van der Waals surface area contributed by atoms with E-state index >= 15 is 0 Å². The first-order valence-corrected chi connectivity index (χ1v) is 7.89. The average molecular weight is 355 g/mol. The van der Waals surface area contributed by atoms with Crippen molar-refractivity contribution in [3.63, 3.8) is 0 Å². The lowest BCUT2D eigenvalue weighted by Crippen LogP contribution is -2.14. The topological polar surface area (TPSA) is 64.2 Å². The Morgan fingerprint density at radius 3 is 2.36 bits per heavy atom. The second-order valence-corrected chi connectivity index (χ2v) is 5.90. The number of halogens is 1. The van der Waals surface area contributed by atoms with Crippen LogP contribution in [-0.4, -0.2) is 18.8 Å². The minimum atomic E-state index is -0.328. The first-order valence-electron chi connectivity index (χ1n) is 7.51. The summed E-state index contributed by atoms with van der Waals surface area (Å²) < 4.78 is 12.5. The van der Waals surface area contributed by atoms with E-state index in [4.69, 9.17) is 21.1 Å². The van der Waals surface area contributed by atoms with Gasteiger partial charge in [0.15, 0.2) is 11.5 Å². The number of fused-ring (bicyclic) bond motifs is 1. The highest BCUT2D eigenvalue weighted by atomic mass is 35.5. The molecule has 1 aromatic heterocycles. The van der Waals surface area contributed by atoms with E-state index in [0.717, 1.165) is 5.56 Å². The minimum absolute atomic E-state index is 0.0775. The summed E-state index contributed by atoms with van der Waals surface area (Å²) in [5.41, 5.74) is 1.41. The molecule has 3 rings (SSSR count). The Morgan fingerprint density at radius 2 is 1.76 bits per heavy atom. The molecule has 1 heterocycles. The monoisotopic (exact) mass is 354 g/mol. The van der Waals surface area contributed by atoms with E-state index in [1.165, 1.54) is 14.2 Å². The van der Waals surface area contributed by atoms with Gasteiger partial charge < -0.3 is 14.0 Å². The molecule has 6 heteroatoms. The number of methoxy groups -OCH3 is 2. The van der Waals surface area contributed by atoms with E-state index < -0.39 is 0 Å². The number of nitriles is 1. The van der Waals surface area contributed by atoms with Gasteiger partial charge in [0.1, 0.15) is 11.6 Å². The second kappa shape index (κ2) is 6.88. The quantitative estimate of drug-likeness (QED) is 0.718. The van der Waals surface area contributed by atoms with Crippen LogP contribution in [0.3, 0.4) is 0 Å². The Hall–Kier alpha value is -2.97. The lowest BCUT2D eigenvalue weighted by atomic mass is 10.1. The van der Waals surface area contributed by atoms with Crippen molar-refractivity contribution in [2.75, 3.05) is 14.2 Å². The maximum atomic E-state index is 12.5. The molecule has 0 radical (unpaired) electrons. The van der Waals surface area contributed by atoms with Crippen LogP contribution < -0.4 is 14.9 Å². The first-order chi connectivity index (χ1) is 12.1. The fourth-order valence-electron chi connectivity index (χ4n) is 2.71. The fourth-order valence-corrected chi connectivity index (χ4v) is 2.84. The summed E-state index contributed by atoms with van der Waals surface area (Å²) in [5.74, 6) is 0.962. The third-order valence-electron chi connectivity index (χ3n) is 3.97. The molecule has 0 bridgehead atoms. The lowest BCUT2D eigenvalue weighted by Gasteiger charge is -2.15. The van der Waals surface area contributed by atoms with Crippen LogP contribution in [0.4, 0.5) is 0 Å². The zero-order chi connectivity index (χ0) is 18.0. The van der Waals surface area contributed by atoms with E-state index in [1.54, 1.807) is 30.5 Å². The first kappa shape index (κ1) is 16.9. The molecule has 0 aliphatic carbocycles. The summed E-state index contributed by atoms with van der Waals surface area (Å²) in [6.07, 6.45) is 1.56. The van der Waals surface area contributed by atoms with Gasteiger partial charge in [0.25, 0.3) is 0 Å². The highest BCUT2D eigenvalue weighted by Gasteiger charge is 2.14. The van der Waals surface area contributed by atoms with Gasteiger partial charge in [-0.15, -0.1) is 0 Å². The number of ether oxygens (including phenoxy) is 2.